The summed E-state index contributed by atoms with van der Waals surface area (Å²) in [6.45, 7) is 2.36. The Morgan fingerprint density at radius 3 is 2.07 bits per heavy atom. The average molecular weight is 259 g/mol. The van der Waals surface area contributed by atoms with Crippen molar-refractivity contribution < 1.29 is 0 Å². The Hall–Kier alpha value is 0.480. The van der Waals surface area contributed by atoms with Crippen LogP contribution in [0.2, 0.25) is 0 Å². The summed E-state index contributed by atoms with van der Waals surface area (Å²) in [5.41, 5.74) is 0. The van der Waals surface area contributed by atoms with E-state index < -0.39 is 0 Å². The van der Waals surface area contributed by atoms with Crippen molar-refractivity contribution in [2.75, 3.05) is 0 Å². The normalized spacial score (nSPS) is 44.1. The Balaban J connectivity index is 1.78. The molecule has 2 fully saturated rings. The highest BCUT2D eigenvalue weighted by Gasteiger charge is 2.31. The maximum absolute atomic E-state index is 3.77. The monoisotopic (exact) mass is 258 g/mol. The van der Waals surface area contributed by atoms with Gasteiger partial charge in [0.05, 0.1) is 0 Å². The van der Waals surface area contributed by atoms with Gasteiger partial charge in [-0.3, -0.25) is 0 Å². The van der Waals surface area contributed by atoms with E-state index in [1.165, 1.54) is 51.4 Å². The molecule has 0 heterocycles. The molecule has 0 aromatic rings. The molecule has 0 radical (unpaired) electrons. The Morgan fingerprint density at radius 2 is 1.57 bits per heavy atom. The van der Waals surface area contributed by atoms with Gasteiger partial charge in [-0.2, -0.15) is 0 Å². The molecule has 0 bridgehead atoms. The van der Waals surface area contributed by atoms with Crippen LogP contribution in [-0.4, -0.2) is 4.83 Å². The van der Waals surface area contributed by atoms with Gasteiger partial charge in [-0.25, -0.2) is 0 Å². The zero-order valence-electron chi connectivity index (χ0n) is 9.34. The van der Waals surface area contributed by atoms with Gasteiger partial charge in [0, 0.05) is 4.83 Å². The number of halogens is 1. The quantitative estimate of drug-likeness (QED) is 0.627. The standard InChI is InChI=1S/C13H23Br/c1-2-10-3-5-11(6-4-10)12-7-8-13(14)9-12/h10-13H,2-9H2,1H3. The summed E-state index contributed by atoms with van der Waals surface area (Å²) in [6.07, 6.45) is 11.9. The summed E-state index contributed by atoms with van der Waals surface area (Å²) >= 11 is 3.77. The Bertz CT molecular complexity index is 170. The predicted molar refractivity (Wildman–Crippen MR) is 65.8 cm³/mol. The molecule has 2 rings (SSSR count). The van der Waals surface area contributed by atoms with Crippen molar-refractivity contribution >= 4 is 15.9 Å². The minimum Gasteiger partial charge on any atom is -0.0891 e. The second-order valence-electron chi connectivity index (χ2n) is 5.36. The van der Waals surface area contributed by atoms with E-state index in [0.717, 1.165) is 22.6 Å². The first kappa shape index (κ1) is 11.0. The molecular weight excluding hydrogens is 236 g/mol. The first-order valence-electron chi connectivity index (χ1n) is 6.43. The van der Waals surface area contributed by atoms with E-state index in [9.17, 15) is 0 Å². The fourth-order valence-corrected chi connectivity index (χ4v) is 4.20. The molecule has 0 aliphatic heterocycles. The summed E-state index contributed by atoms with van der Waals surface area (Å²) in [7, 11) is 0. The number of rotatable bonds is 2. The molecule has 1 heteroatoms. The van der Waals surface area contributed by atoms with Gasteiger partial charge in [-0.15, -0.1) is 0 Å². The minimum atomic E-state index is 0.844. The summed E-state index contributed by atoms with van der Waals surface area (Å²) < 4.78 is 0. The van der Waals surface area contributed by atoms with E-state index in [1.54, 1.807) is 0 Å². The second-order valence-corrected chi connectivity index (χ2v) is 6.65. The molecule has 0 spiro atoms. The Labute approximate surface area is 97.0 Å². The van der Waals surface area contributed by atoms with Crippen molar-refractivity contribution in [3.05, 3.63) is 0 Å². The third-order valence-corrected chi connectivity index (χ3v) is 5.38. The molecule has 14 heavy (non-hydrogen) atoms. The zero-order chi connectivity index (χ0) is 9.97. The predicted octanol–water partition coefficient (Wildman–Crippen LogP) is 4.77. The molecule has 2 aliphatic carbocycles. The van der Waals surface area contributed by atoms with E-state index in [1.807, 2.05) is 0 Å². The first-order valence-corrected chi connectivity index (χ1v) is 7.35. The van der Waals surface area contributed by atoms with E-state index in [4.69, 9.17) is 0 Å². The summed E-state index contributed by atoms with van der Waals surface area (Å²) in [5.74, 6) is 3.21. The number of hydrogen-bond acceptors (Lipinski definition) is 0. The van der Waals surface area contributed by atoms with Gasteiger partial charge >= 0.3 is 0 Å². The van der Waals surface area contributed by atoms with Crippen LogP contribution in [0.15, 0.2) is 0 Å². The third kappa shape index (κ3) is 2.53. The first-order chi connectivity index (χ1) is 6.79. The fraction of sp³-hybridized carbons (Fsp3) is 1.00. The van der Waals surface area contributed by atoms with Gasteiger partial charge in [-0.05, 0) is 49.9 Å². The Kier molecular flexibility index (Phi) is 3.93. The second kappa shape index (κ2) is 5.01. The molecule has 2 saturated carbocycles. The van der Waals surface area contributed by atoms with E-state index in [2.05, 4.69) is 22.9 Å². The average Bonchev–Trinajstić information content (AvgIpc) is 2.65. The van der Waals surface area contributed by atoms with E-state index in [0.29, 0.717) is 0 Å². The van der Waals surface area contributed by atoms with Crippen LogP contribution >= 0.6 is 15.9 Å². The maximum Gasteiger partial charge on any atom is 0.0148 e. The summed E-state index contributed by atoms with van der Waals surface area (Å²) in [6, 6.07) is 0. The molecule has 0 aromatic carbocycles. The zero-order valence-corrected chi connectivity index (χ0v) is 10.9. The van der Waals surface area contributed by atoms with Crippen LogP contribution in [0.3, 0.4) is 0 Å². The van der Waals surface area contributed by atoms with Crippen LogP contribution in [0, 0.1) is 17.8 Å². The summed E-state index contributed by atoms with van der Waals surface area (Å²) in [4.78, 5) is 0.844. The van der Waals surface area contributed by atoms with Gasteiger partial charge in [0.25, 0.3) is 0 Å². The van der Waals surface area contributed by atoms with Gasteiger partial charge < -0.3 is 0 Å². The molecule has 0 nitrogen and oxygen atoms in total. The van der Waals surface area contributed by atoms with Crippen LogP contribution in [-0.2, 0) is 0 Å². The van der Waals surface area contributed by atoms with E-state index >= 15 is 0 Å². The molecule has 2 aliphatic rings. The fourth-order valence-electron chi connectivity index (χ4n) is 3.46. The number of hydrogen-bond donors (Lipinski definition) is 0. The lowest BCUT2D eigenvalue weighted by atomic mass is 9.74. The van der Waals surface area contributed by atoms with Crippen LogP contribution in [0.5, 0.6) is 0 Å². The van der Waals surface area contributed by atoms with Crippen molar-refractivity contribution in [1.82, 2.24) is 0 Å². The van der Waals surface area contributed by atoms with Crippen molar-refractivity contribution in [3.8, 4) is 0 Å². The molecular formula is C13H23Br. The van der Waals surface area contributed by atoms with Crippen LogP contribution in [0.4, 0.5) is 0 Å². The number of alkyl halides is 1. The maximum atomic E-state index is 3.77. The minimum absolute atomic E-state index is 0.844. The molecule has 0 saturated heterocycles. The molecule has 0 amide bonds. The van der Waals surface area contributed by atoms with Crippen molar-refractivity contribution in [3.63, 3.8) is 0 Å². The van der Waals surface area contributed by atoms with Gasteiger partial charge in [-0.1, -0.05) is 42.1 Å². The lowest BCUT2D eigenvalue weighted by Gasteiger charge is -2.31. The molecule has 0 aromatic heterocycles. The van der Waals surface area contributed by atoms with Crippen molar-refractivity contribution in [2.45, 2.75) is 63.1 Å². The van der Waals surface area contributed by atoms with Crippen molar-refractivity contribution in [2.24, 2.45) is 17.8 Å². The van der Waals surface area contributed by atoms with Gasteiger partial charge in [0.15, 0.2) is 0 Å². The van der Waals surface area contributed by atoms with E-state index in [-0.39, 0.29) is 0 Å². The molecule has 0 N–H and O–H groups in total. The van der Waals surface area contributed by atoms with Crippen molar-refractivity contribution in [1.29, 1.82) is 0 Å². The summed E-state index contributed by atoms with van der Waals surface area (Å²) in [5, 5.41) is 0. The highest BCUT2D eigenvalue weighted by Crippen LogP contribution is 2.43. The topological polar surface area (TPSA) is 0 Å². The lowest BCUT2D eigenvalue weighted by molar-refractivity contribution is 0.203. The SMILES string of the molecule is CCC1CCC(C2CCC(Br)C2)CC1. The molecule has 82 valence electrons. The van der Waals surface area contributed by atoms with Gasteiger partial charge in [0.1, 0.15) is 0 Å². The van der Waals surface area contributed by atoms with Crippen LogP contribution in [0.1, 0.15) is 58.3 Å². The van der Waals surface area contributed by atoms with Crippen LogP contribution < -0.4 is 0 Å². The van der Waals surface area contributed by atoms with Crippen LogP contribution in [0.25, 0.3) is 0 Å². The largest absolute Gasteiger partial charge is 0.0891 e. The highest BCUT2D eigenvalue weighted by molar-refractivity contribution is 9.09. The Morgan fingerprint density at radius 1 is 0.929 bits per heavy atom. The molecule has 2 unspecified atom stereocenters. The third-order valence-electron chi connectivity index (χ3n) is 4.54. The van der Waals surface area contributed by atoms with Gasteiger partial charge in [0.2, 0.25) is 0 Å². The smallest absolute Gasteiger partial charge is 0.0148 e. The lowest BCUT2D eigenvalue weighted by Crippen LogP contribution is -2.20. The molecule has 2 atom stereocenters. The highest BCUT2D eigenvalue weighted by atomic mass is 79.9.